The molecule has 0 spiro atoms. The molecule has 5 aromatic rings. The van der Waals surface area contributed by atoms with Gasteiger partial charge in [-0.25, -0.2) is 0 Å². The molecule has 3 atom stereocenters. The highest BCUT2D eigenvalue weighted by Gasteiger charge is 2.26. The zero-order chi connectivity index (χ0) is 44.1. The van der Waals surface area contributed by atoms with Gasteiger partial charge in [0.1, 0.15) is 0 Å². The van der Waals surface area contributed by atoms with Crippen LogP contribution in [0.1, 0.15) is 55.6 Å². The number of benzene rings is 5. The Kier molecular flexibility index (Phi) is 14.3. The van der Waals surface area contributed by atoms with Crippen molar-refractivity contribution in [1.29, 1.82) is 0 Å². The Bertz CT molecular complexity index is 2620. The minimum atomic E-state index is 0.164. The Morgan fingerprint density at radius 2 is 1.28 bits per heavy atom. The largest absolute Gasteiger partial charge is 0.335 e. The topological polar surface area (TPSA) is 9.72 Å². The van der Waals surface area contributed by atoms with E-state index in [0.717, 1.165) is 61.2 Å². The van der Waals surface area contributed by atoms with Crippen molar-refractivity contribution in [3.63, 3.8) is 0 Å². The van der Waals surface area contributed by atoms with Gasteiger partial charge in [-0.1, -0.05) is 153 Å². The van der Waals surface area contributed by atoms with E-state index in [1.54, 1.807) is 0 Å². The van der Waals surface area contributed by atoms with Crippen molar-refractivity contribution in [2.24, 2.45) is 5.92 Å². The molecule has 0 aliphatic heterocycles. The molecule has 5 aromatic carbocycles. The smallest absolute Gasteiger partial charge is 0.0561 e. The highest BCUT2D eigenvalue weighted by atomic mass is 15.2. The number of anilines is 4. The Hall–Kier alpha value is -7.36. The Labute approximate surface area is 382 Å². The maximum atomic E-state index is 4.20. The summed E-state index contributed by atoms with van der Waals surface area (Å²) in [5.74, 6) is 0.391. The fourth-order valence-electron chi connectivity index (χ4n) is 9.26. The summed E-state index contributed by atoms with van der Waals surface area (Å²) in [6.07, 6.45) is 36.5. The van der Waals surface area contributed by atoms with Crippen molar-refractivity contribution >= 4 is 22.7 Å². The van der Waals surface area contributed by atoms with Crippen molar-refractivity contribution in [2.45, 2.75) is 50.5 Å². The molecule has 0 N–H and O–H groups in total. The second-order valence-electron chi connectivity index (χ2n) is 16.4. The molecular weight excluding hydrogens is 775 g/mol. The monoisotopic (exact) mass is 833 g/mol. The van der Waals surface area contributed by atoms with Crippen LogP contribution >= 0.6 is 0 Å². The van der Waals surface area contributed by atoms with Crippen LogP contribution in [0, 0.1) is 5.92 Å². The SMILES string of the molecule is C=C/C=C(\C=C)N(c1ccc(-c2ccc(N(C3=CCCC=C3)C3C=CC(N(C4=CC=CCC4)c4ccccc4)=CC3)cc2)cc1)c1ccc(C(c2ccccc2)C(C=C)CC=C)cc1. The summed E-state index contributed by atoms with van der Waals surface area (Å²) < 4.78 is 0. The second kappa shape index (κ2) is 21.1. The lowest BCUT2D eigenvalue weighted by Crippen LogP contribution is -2.35. The molecule has 8 rings (SSSR count). The first-order chi connectivity index (χ1) is 31.6. The van der Waals surface area contributed by atoms with Gasteiger partial charge in [-0.3, -0.25) is 0 Å². The molecule has 3 aliphatic rings. The van der Waals surface area contributed by atoms with Crippen LogP contribution in [-0.4, -0.2) is 6.04 Å². The standard InChI is InChI=1S/C61H59N3/c1-5-21-47(7-3)61(50-23-13-9-14-24-50)51-35-41-57(42-36-51)62(52(8-4)22-6-2)56-37-31-48(32-38-56)49-33-39-58(40-34-49)64(55-29-19-12-20-30-55)60-45-43-59(44-46-60)63(53-25-15-10-16-26-53)54-27-17-11-18-28-54/h5-11,13-17,19,22-27,29-45,47,60-61H,1-4,12,18,20-21,28,46H2/b52-22+. The van der Waals surface area contributed by atoms with E-state index in [9.17, 15) is 0 Å². The van der Waals surface area contributed by atoms with E-state index in [0.29, 0.717) is 0 Å². The average molecular weight is 834 g/mol. The predicted molar refractivity (Wildman–Crippen MR) is 276 cm³/mol. The van der Waals surface area contributed by atoms with Crippen LogP contribution in [-0.2, 0) is 0 Å². The van der Waals surface area contributed by atoms with Crippen LogP contribution in [0.25, 0.3) is 11.1 Å². The van der Waals surface area contributed by atoms with Crippen LogP contribution in [0.3, 0.4) is 0 Å². The third-order valence-electron chi connectivity index (χ3n) is 12.4. The summed E-state index contributed by atoms with van der Waals surface area (Å²) in [5, 5.41) is 0. The van der Waals surface area contributed by atoms with E-state index >= 15 is 0 Å². The van der Waals surface area contributed by atoms with E-state index in [1.165, 1.54) is 45.2 Å². The van der Waals surface area contributed by atoms with Crippen LogP contribution in [0.4, 0.5) is 22.7 Å². The number of hydrogen-bond acceptors (Lipinski definition) is 3. The van der Waals surface area contributed by atoms with Crippen molar-refractivity contribution in [3.05, 3.63) is 279 Å². The Balaban J connectivity index is 1.04. The van der Waals surface area contributed by atoms with Gasteiger partial charge in [0.05, 0.1) is 6.04 Å². The second-order valence-corrected chi connectivity index (χ2v) is 16.4. The van der Waals surface area contributed by atoms with Gasteiger partial charge in [-0.15, -0.1) is 13.2 Å². The maximum Gasteiger partial charge on any atom is 0.0561 e. The first-order valence-corrected chi connectivity index (χ1v) is 22.7. The zero-order valence-electron chi connectivity index (χ0n) is 36.9. The zero-order valence-corrected chi connectivity index (χ0v) is 36.9. The number of hydrogen-bond donors (Lipinski definition) is 0. The molecule has 318 valence electrons. The predicted octanol–water partition coefficient (Wildman–Crippen LogP) is 16.3. The van der Waals surface area contributed by atoms with Crippen molar-refractivity contribution in [1.82, 2.24) is 0 Å². The highest BCUT2D eigenvalue weighted by molar-refractivity contribution is 5.75. The summed E-state index contributed by atoms with van der Waals surface area (Å²) in [5.41, 5.74) is 14.0. The summed E-state index contributed by atoms with van der Waals surface area (Å²) in [4.78, 5) is 7.17. The van der Waals surface area contributed by atoms with Gasteiger partial charge in [0.2, 0.25) is 0 Å². The van der Waals surface area contributed by atoms with Gasteiger partial charge < -0.3 is 14.7 Å². The van der Waals surface area contributed by atoms with E-state index in [-0.39, 0.29) is 17.9 Å². The fraction of sp³-hybridized carbons (Fsp3) is 0.148. The molecule has 0 aromatic heterocycles. The molecule has 64 heavy (non-hydrogen) atoms. The molecule has 3 heteroatoms. The molecular formula is C61H59N3. The van der Waals surface area contributed by atoms with Crippen molar-refractivity contribution in [3.8, 4) is 11.1 Å². The normalized spacial score (nSPS) is 16.7. The summed E-state index contributed by atoms with van der Waals surface area (Å²) >= 11 is 0. The van der Waals surface area contributed by atoms with Crippen LogP contribution in [0.5, 0.6) is 0 Å². The molecule has 3 aliphatic carbocycles. The number of allylic oxidation sites excluding steroid dienone is 13. The Morgan fingerprint density at radius 3 is 1.84 bits per heavy atom. The third-order valence-corrected chi connectivity index (χ3v) is 12.4. The van der Waals surface area contributed by atoms with Crippen molar-refractivity contribution < 1.29 is 0 Å². The summed E-state index contributed by atoms with van der Waals surface area (Å²) in [6.45, 7) is 16.4. The summed E-state index contributed by atoms with van der Waals surface area (Å²) in [7, 11) is 0. The van der Waals surface area contributed by atoms with Gasteiger partial charge in [0.15, 0.2) is 0 Å². The average Bonchev–Trinajstić information content (AvgIpc) is 3.36. The van der Waals surface area contributed by atoms with Crippen molar-refractivity contribution in [2.75, 3.05) is 14.7 Å². The van der Waals surface area contributed by atoms with E-state index < -0.39 is 0 Å². The van der Waals surface area contributed by atoms with Crippen LogP contribution < -0.4 is 14.7 Å². The first kappa shape index (κ1) is 43.3. The van der Waals surface area contributed by atoms with E-state index in [1.807, 2.05) is 24.3 Å². The molecule has 0 radical (unpaired) electrons. The van der Waals surface area contributed by atoms with E-state index in [4.69, 9.17) is 0 Å². The molecule has 0 amide bonds. The lowest BCUT2D eigenvalue weighted by Gasteiger charge is -2.37. The number of nitrogens with zero attached hydrogens (tertiary/aromatic N) is 3. The fourth-order valence-corrected chi connectivity index (χ4v) is 9.26. The minimum absolute atomic E-state index is 0.164. The first-order valence-electron chi connectivity index (χ1n) is 22.7. The molecule has 0 heterocycles. The van der Waals surface area contributed by atoms with Gasteiger partial charge in [0, 0.05) is 51.5 Å². The number of para-hydroxylation sites is 1. The van der Waals surface area contributed by atoms with Gasteiger partial charge in [-0.2, -0.15) is 0 Å². The summed E-state index contributed by atoms with van der Waals surface area (Å²) in [6, 6.07) is 48.4. The molecule has 0 fully saturated rings. The lowest BCUT2D eigenvalue weighted by atomic mass is 9.79. The van der Waals surface area contributed by atoms with Crippen LogP contribution in [0.2, 0.25) is 0 Å². The quantitative estimate of drug-likeness (QED) is 0.0643. The molecule has 3 unspecified atom stereocenters. The number of rotatable bonds is 18. The third kappa shape index (κ3) is 9.80. The molecule has 0 saturated heterocycles. The molecule has 0 bridgehead atoms. The van der Waals surface area contributed by atoms with Gasteiger partial charge >= 0.3 is 0 Å². The Morgan fingerprint density at radius 1 is 0.625 bits per heavy atom. The van der Waals surface area contributed by atoms with E-state index in [2.05, 4.69) is 235 Å². The molecule has 3 nitrogen and oxygen atoms in total. The minimum Gasteiger partial charge on any atom is -0.335 e. The molecule has 0 saturated carbocycles. The highest BCUT2D eigenvalue weighted by Crippen LogP contribution is 2.39. The van der Waals surface area contributed by atoms with Crippen LogP contribution in [0.15, 0.2) is 268 Å². The lowest BCUT2D eigenvalue weighted by molar-refractivity contribution is 0.578. The maximum absolute atomic E-state index is 4.20. The van der Waals surface area contributed by atoms with Gasteiger partial charge in [0.25, 0.3) is 0 Å². The van der Waals surface area contributed by atoms with Gasteiger partial charge in [-0.05, 0) is 146 Å².